The Morgan fingerprint density at radius 1 is 1.25 bits per heavy atom. The maximum absolute atomic E-state index is 13.0. The highest BCUT2D eigenvalue weighted by molar-refractivity contribution is 5.96. The first-order valence-corrected chi connectivity index (χ1v) is 7.76. The molecule has 1 aromatic heterocycles. The predicted octanol–water partition coefficient (Wildman–Crippen LogP) is 2.05. The number of nitrogens with zero attached hydrogens (tertiary/aromatic N) is 2. The zero-order chi connectivity index (χ0) is 17.1. The molecule has 1 aromatic carbocycles. The van der Waals surface area contributed by atoms with Gasteiger partial charge in [-0.05, 0) is 36.2 Å². The Balaban J connectivity index is 1.94. The first kappa shape index (κ1) is 16.3. The van der Waals surface area contributed by atoms with Crippen LogP contribution in [0.25, 0.3) is 0 Å². The van der Waals surface area contributed by atoms with E-state index in [2.05, 4.69) is 4.98 Å². The van der Waals surface area contributed by atoms with Crippen LogP contribution in [0.2, 0.25) is 0 Å². The van der Waals surface area contributed by atoms with Gasteiger partial charge >= 0.3 is 0 Å². The van der Waals surface area contributed by atoms with Crippen molar-refractivity contribution in [3.8, 4) is 11.6 Å². The van der Waals surface area contributed by atoms with E-state index in [9.17, 15) is 9.90 Å². The summed E-state index contributed by atoms with van der Waals surface area (Å²) in [6.45, 7) is 0.277. The maximum atomic E-state index is 13.0. The van der Waals surface area contributed by atoms with Gasteiger partial charge in [-0.15, -0.1) is 0 Å². The predicted molar refractivity (Wildman–Crippen MR) is 88.2 cm³/mol. The Hall–Kier alpha value is -2.60. The topological polar surface area (TPSA) is 71.9 Å². The minimum atomic E-state index is -0.562. The summed E-state index contributed by atoms with van der Waals surface area (Å²) < 4.78 is 10.5. The number of pyridine rings is 1. The van der Waals surface area contributed by atoms with Crippen molar-refractivity contribution in [3.05, 3.63) is 53.7 Å². The van der Waals surface area contributed by atoms with E-state index >= 15 is 0 Å². The van der Waals surface area contributed by atoms with Gasteiger partial charge in [0.2, 0.25) is 5.88 Å². The molecule has 2 atom stereocenters. The van der Waals surface area contributed by atoms with Crippen LogP contribution in [0, 0.1) is 0 Å². The Morgan fingerprint density at radius 2 is 2.08 bits per heavy atom. The normalized spacial score (nSPS) is 20.0. The molecule has 0 aliphatic carbocycles. The fourth-order valence-corrected chi connectivity index (χ4v) is 3.07. The molecular weight excluding hydrogens is 308 g/mol. The molecule has 2 aromatic rings. The fraction of sp³-hybridized carbons (Fsp3) is 0.333. The molecule has 1 aliphatic heterocycles. The third kappa shape index (κ3) is 3.05. The standard InChI is InChI=1S/C18H20N2O4/c1-23-14-6-3-5-12(9-14)16-10-13(21)11-20(16)18(22)15-7-4-8-19-17(15)24-2/h3-9,13,16,21H,10-11H2,1-2H3/t13-,16+/m0/s1. The van der Waals surface area contributed by atoms with Gasteiger partial charge in [-0.1, -0.05) is 12.1 Å². The lowest BCUT2D eigenvalue weighted by molar-refractivity contribution is 0.0711. The number of aliphatic hydroxyl groups is 1. The summed E-state index contributed by atoms with van der Waals surface area (Å²) in [4.78, 5) is 18.7. The van der Waals surface area contributed by atoms with Gasteiger partial charge in [0.15, 0.2) is 0 Å². The number of aliphatic hydroxyl groups excluding tert-OH is 1. The highest BCUT2D eigenvalue weighted by Gasteiger charge is 2.36. The maximum Gasteiger partial charge on any atom is 0.259 e. The van der Waals surface area contributed by atoms with Crippen LogP contribution in [0.4, 0.5) is 0 Å². The molecule has 24 heavy (non-hydrogen) atoms. The minimum Gasteiger partial charge on any atom is -0.497 e. The van der Waals surface area contributed by atoms with Crippen molar-refractivity contribution in [3.63, 3.8) is 0 Å². The van der Waals surface area contributed by atoms with E-state index in [4.69, 9.17) is 9.47 Å². The molecule has 1 N–H and O–H groups in total. The van der Waals surface area contributed by atoms with Crippen molar-refractivity contribution < 1.29 is 19.4 Å². The van der Waals surface area contributed by atoms with E-state index in [0.29, 0.717) is 12.0 Å². The van der Waals surface area contributed by atoms with Crippen LogP contribution in [0.5, 0.6) is 11.6 Å². The second-order valence-corrected chi connectivity index (χ2v) is 5.70. The second-order valence-electron chi connectivity index (χ2n) is 5.70. The van der Waals surface area contributed by atoms with Crippen molar-refractivity contribution in [2.24, 2.45) is 0 Å². The molecule has 0 unspecified atom stereocenters. The first-order valence-electron chi connectivity index (χ1n) is 7.76. The van der Waals surface area contributed by atoms with Crippen molar-refractivity contribution in [1.29, 1.82) is 0 Å². The highest BCUT2D eigenvalue weighted by Crippen LogP contribution is 2.35. The van der Waals surface area contributed by atoms with Crippen LogP contribution < -0.4 is 9.47 Å². The molecule has 1 aliphatic rings. The van der Waals surface area contributed by atoms with Crippen molar-refractivity contribution in [1.82, 2.24) is 9.88 Å². The SMILES string of the molecule is COc1cccc([C@H]2C[C@H](O)CN2C(=O)c2cccnc2OC)c1. The van der Waals surface area contributed by atoms with E-state index in [-0.39, 0.29) is 24.4 Å². The number of β-amino-alcohol motifs (C(OH)–C–C–N with tert-alkyl or cyclic N) is 1. The van der Waals surface area contributed by atoms with Crippen molar-refractivity contribution in [2.75, 3.05) is 20.8 Å². The number of rotatable bonds is 4. The Labute approximate surface area is 140 Å². The molecule has 0 spiro atoms. The quantitative estimate of drug-likeness (QED) is 0.930. The molecule has 1 amide bonds. The molecule has 6 heteroatoms. The van der Waals surface area contributed by atoms with Gasteiger partial charge in [0.1, 0.15) is 11.3 Å². The van der Waals surface area contributed by atoms with E-state index in [1.165, 1.54) is 7.11 Å². The third-order valence-electron chi connectivity index (χ3n) is 4.21. The molecule has 126 valence electrons. The second kappa shape index (κ2) is 6.88. The summed E-state index contributed by atoms with van der Waals surface area (Å²) in [7, 11) is 3.09. The number of amides is 1. The molecule has 0 saturated carbocycles. The van der Waals surface area contributed by atoms with Crippen molar-refractivity contribution in [2.45, 2.75) is 18.6 Å². The molecule has 3 rings (SSSR count). The number of aromatic nitrogens is 1. The highest BCUT2D eigenvalue weighted by atomic mass is 16.5. The van der Waals surface area contributed by atoms with Gasteiger partial charge in [-0.3, -0.25) is 4.79 Å². The molecule has 0 bridgehead atoms. The zero-order valence-corrected chi connectivity index (χ0v) is 13.7. The average Bonchev–Trinajstić information content (AvgIpc) is 3.03. The van der Waals surface area contributed by atoms with Crippen LogP contribution in [-0.2, 0) is 0 Å². The van der Waals surface area contributed by atoms with E-state index in [1.807, 2.05) is 24.3 Å². The van der Waals surface area contributed by atoms with Gasteiger partial charge in [-0.2, -0.15) is 0 Å². The Morgan fingerprint density at radius 3 is 2.83 bits per heavy atom. The fourth-order valence-electron chi connectivity index (χ4n) is 3.07. The van der Waals surface area contributed by atoms with E-state index in [0.717, 1.165) is 11.3 Å². The molecule has 0 radical (unpaired) electrons. The first-order chi connectivity index (χ1) is 11.6. The van der Waals surface area contributed by atoms with Crippen LogP contribution in [0.1, 0.15) is 28.4 Å². The van der Waals surface area contributed by atoms with Crippen LogP contribution in [0.15, 0.2) is 42.6 Å². The van der Waals surface area contributed by atoms with Gasteiger partial charge in [-0.25, -0.2) is 4.98 Å². The molecule has 2 heterocycles. The molecule has 1 saturated heterocycles. The summed E-state index contributed by atoms with van der Waals surface area (Å²) >= 11 is 0. The summed E-state index contributed by atoms with van der Waals surface area (Å²) in [5.74, 6) is 0.804. The molecule has 6 nitrogen and oxygen atoms in total. The van der Waals surface area contributed by atoms with E-state index in [1.54, 1.807) is 30.3 Å². The summed E-state index contributed by atoms with van der Waals surface area (Å²) in [6, 6.07) is 10.7. The van der Waals surface area contributed by atoms with Crippen LogP contribution in [0.3, 0.4) is 0 Å². The number of ether oxygens (including phenoxy) is 2. The van der Waals surface area contributed by atoms with E-state index < -0.39 is 6.10 Å². The smallest absolute Gasteiger partial charge is 0.259 e. The van der Waals surface area contributed by atoms with Crippen LogP contribution in [-0.4, -0.2) is 47.8 Å². The number of carbonyl (C=O) groups excluding carboxylic acids is 1. The third-order valence-corrected chi connectivity index (χ3v) is 4.21. The number of carbonyl (C=O) groups is 1. The lowest BCUT2D eigenvalue weighted by Crippen LogP contribution is -2.32. The lowest BCUT2D eigenvalue weighted by atomic mass is 10.0. The van der Waals surface area contributed by atoms with Gasteiger partial charge < -0.3 is 19.5 Å². The number of hydrogen-bond donors (Lipinski definition) is 1. The Kier molecular flexibility index (Phi) is 4.66. The Bertz CT molecular complexity index is 734. The number of hydrogen-bond acceptors (Lipinski definition) is 5. The molecular formula is C18H20N2O4. The number of likely N-dealkylation sites (tertiary alicyclic amines) is 1. The number of benzene rings is 1. The average molecular weight is 328 g/mol. The molecule has 1 fully saturated rings. The van der Waals surface area contributed by atoms with Crippen molar-refractivity contribution >= 4 is 5.91 Å². The summed E-state index contributed by atoms with van der Waals surface area (Å²) in [5.41, 5.74) is 1.32. The van der Waals surface area contributed by atoms with Gasteiger partial charge in [0, 0.05) is 12.7 Å². The van der Waals surface area contributed by atoms with Gasteiger partial charge in [0.05, 0.1) is 26.4 Å². The summed E-state index contributed by atoms with van der Waals surface area (Å²) in [5, 5.41) is 10.1. The zero-order valence-electron chi connectivity index (χ0n) is 13.7. The monoisotopic (exact) mass is 328 g/mol. The van der Waals surface area contributed by atoms with Crippen LogP contribution >= 0.6 is 0 Å². The summed E-state index contributed by atoms with van der Waals surface area (Å²) in [6.07, 6.45) is 1.50. The lowest BCUT2D eigenvalue weighted by Gasteiger charge is -2.25. The van der Waals surface area contributed by atoms with Gasteiger partial charge in [0.25, 0.3) is 5.91 Å². The minimum absolute atomic E-state index is 0.204. The number of methoxy groups -OCH3 is 2. The largest absolute Gasteiger partial charge is 0.497 e.